The van der Waals surface area contributed by atoms with Gasteiger partial charge in [0.25, 0.3) is 5.56 Å². The van der Waals surface area contributed by atoms with E-state index in [0.29, 0.717) is 34.9 Å². The molecule has 0 radical (unpaired) electrons. The van der Waals surface area contributed by atoms with Crippen LogP contribution in [0.2, 0.25) is 0 Å². The Morgan fingerprint density at radius 2 is 2.04 bits per heavy atom. The predicted octanol–water partition coefficient (Wildman–Crippen LogP) is 1.25. The zero-order valence-corrected chi connectivity index (χ0v) is 14.0. The van der Waals surface area contributed by atoms with Crippen molar-refractivity contribution in [3.8, 4) is 11.6 Å². The molecule has 0 saturated carbocycles. The van der Waals surface area contributed by atoms with Crippen LogP contribution < -0.4 is 5.56 Å². The number of fused-ring (bicyclic) bond motifs is 1. The first kappa shape index (κ1) is 15.7. The number of carbonyl (C=O) groups excluding carboxylic acids is 1. The van der Waals surface area contributed by atoms with Gasteiger partial charge in [0, 0.05) is 42.2 Å². The molecule has 7 nitrogen and oxygen atoms in total. The Kier molecular flexibility index (Phi) is 3.91. The molecule has 1 saturated heterocycles. The summed E-state index contributed by atoms with van der Waals surface area (Å²) >= 11 is 0. The first-order valence-corrected chi connectivity index (χ1v) is 8.45. The molecule has 0 spiro atoms. The van der Waals surface area contributed by atoms with Crippen LogP contribution in [-0.2, 0) is 11.2 Å². The monoisotopic (exact) mass is 337 g/mol. The summed E-state index contributed by atoms with van der Waals surface area (Å²) in [6.07, 6.45) is 9.54. The number of aromatic nitrogens is 4. The highest BCUT2D eigenvalue weighted by Crippen LogP contribution is 2.34. The van der Waals surface area contributed by atoms with Gasteiger partial charge in [-0.15, -0.1) is 0 Å². The van der Waals surface area contributed by atoms with Crippen LogP contribution in [0.15, 0.2) is 35.4 Å². The van der Waals surface area contributed by atoms with Crippen LogP contribution in [0.1, 0.15) is 24.1 Å². The van der Waals surface area contributed by atoms with Crippen LogP contribution in [0.25, 0.3) is 11.6 Å². The second-order valence-electron chi connectivity index (χ2n) is 6.54. The van der Waals surface area contributed by atoms with Crippen LogP contribution in [0.3, 0.4) is 0 Å². The minimum Gasteiger partial charge on any atom is -0.338 e. The highest BCUT2D eigenvalue weighted by molar-refractivity contribution is 5.80. The molecule has 1 aliphatic heterocycles. The number of H-pyrrole nitrogens is 1. The number of nitrogens with zero attached hydrogens (tertiary/aromatic N) is 4. The predicted molar refractivity (Wildman–Crippen MR) is 91.7 cm³/mol. The summed E-state index contributed by atoms with van der Waals surface area (Å²) in [6, 6.07) is 1.99. The van der Waals surface area contributed by atoms with Crippen molar-refractivity contribution < 1.29 is 4.79 Å². The van der Waals surface area contributed by atoms with Crippen molar-refractivity contribution >= 4 is 5.91 Å². The summed E-state index contributed by atoms with van der Waals surface area (Å²) < 4.78 is 0. The Hall–Kier alpha value is -2.83. The molecule has 4 rings (SSSR count). The van der Waals surface area contributed by atoms with Gasteiger partial charge in [-0.3, -0.25) is 9.59 Å². The first-order chi connectivity index (χ1) is 12.1. The lowest BCUT2D eigenvalue weighted by molar-refractivity contribution is -0.143. The first-order valence-electron chi connectivity index (χ1n) is 8.45. The highest BCUT2D eigenvalue weighted by atomic mass is 16.2. The number of aromatic amines is 1. The number of likely N-dealkylation sites (tertiary alicyclic amines) is 1. The lowest BCUT2D eigenvalue weighted by Crippen LogP contribution is -2.59. The molecule has 25 heavy (non-hydrogen) atoms. The molecule has 128 valence electrons. The molecule has 0 unspecified atom stereocenters. The molecule has 1 aliphatic carbocycles. The summed E-state index contributed by atoms with van der Waals surface area (Å²) in [4.78, 5) is 42.2. The third kappa shape index (κ3) is 2.86. The molecular formula is C18H19N5O2. The van der Waals surface area contributed by atoms with E-state index in [-0.39, 0.29) is 17.9 Å². The van der Waals surface area contributed by atoms with E-state index in [9.17, 15) is 9.59 Å². The van der Waals surface area contributed by atoms with E-state index in [1.807, 2.05) is 4.90 Å². The average molecular weight is 337 g/mol. The van der Waals surface area contributed by atoms with Gasteiger partial charge >= 0.3 is 0 Å². The molecular weight excluding hydrogens is 318 g/mol. The smallest absolute Gasteiger partial charge is 0.255 e. The van der Waals surface area contributed by atoms with Gasteiger partial charge in [-0.2, -0.15) is 0 Å². The van der Waals surface area contributed by atoms with Crippen molar-refractivity contribution in [1.29, 1.82) is 0 Å². The molecule has 2 aliphatic rings. The highest BCUT2D eigenvalue weighted by Gasteiger charge is 2.41. The van der Waals surface area contributed by atoms with E-state index in [2.05, 4.69) is 32.1 Å². The summed E-state index contributed by atoms with van der Waals surface area (Å²) in [5, 5.41) is 0. The van der Waals surface area contributed by atoms with E-state index < -0.39 is 0 Å². The molecule has 3 heterocycles. The molecule has 1 amide bonds. The molecule has 2 aromatic rings. The number of rotatable bonds is 3. The van der Waals surface area contributed by atoms with Crippen molar-refractivity contribution in [3.63, 3.8) is 0 Å². The standard InChI is InChI=1S/C18H19N5O2/c1-11-13(9-15(24)23-10-12-5-2-3-6-14(12)23)18(25)22-17(21-11)16-19-7-4-8-20-16/h2-4,7-8,12,14H,5-6,9-10H2,1H3,(H,21,22,25)/t12-,14-/m0/s1. The summed E-state index contributed by atoms with van der Waals surface area (Å²) in [6.45, 7) is 2.53. The second-order valence-corrected chi connectivity index (χ2v) is 6.54. The molecule has 2 aromatic heterocycles. The Morgan fingerprint density at radius 3 is 2.76 bits per heavy atom. The number of allylic oxidation sites excluding steroid dienone is 1. The molecule has 7 heteroatoms. The van der Waals surface area contributed by atoms with Gasteiger partial charge in [-0.05, 0) is 25.8 Å². The van der Waals surface area contributed by atoms with E-state index in [4.69, 9.17) is 0 Å². The topological polar surface area (TPSA) is 91.8 Å². The number of hydrogen-bond donors (Lipinski definition) is 1. The van der Waals surface area contributed by atoms with Gasteiger partial charge in [0.15, 0.2) is 11.6 Å². The Bertz CT molecular complexity index is 890. The molecule has 2 atom stereocenters. The fourth-order valence-corrected chi connectivity index (χ4v) is 3.57. The van der Waals surface area contributed by atoms with Crippen LogP contribution in [-0.4, -0.2) is 43.3 Å². The number of amides is 1. The van der Waals surface area contributed by atoms with Crippen LogP contribution >= 0.6 is 0 Å². The van der Waals surface area contributed by atoms with E-state index in [1.165, 1.54) is 0 Å². The normalized spacial score (nSPS) is 21.6. The summed E-state index contributed by atoms with van der Waals surface area (Å²) in [5.74, 6) is 1.25. The van der Waals surface area contributed by atoms with Crippen LogP contribution in [0, 0.1) is 12.8 Å². The van der Waals surface area contributed by atoms with Gasteiger partial charge < -0.3 is 9.88 Å². The Balaban J connectivity index is 1.54. The maximum Gasteiger partial charge on any atom is 0.255 e. The van der Waals surface area contributed by atoms with Crippen LogP contribution in [0.4, 0.5) is 0 Å². The Morgan fingerprint density at radius 1 is 1.28 bits per heavy atom. The SMILES string of the molecule is Cc1nc(-c2ncccn2)[nH]c(=O)c1CC(=O)N1C[C@@H]2CC=CC[C@@H]21. The average Bonchev–Trinajstić information content (AvgIpc) is 2.60. The fourth-order valence-electron chi connectivity index (χ4n) is 3.57. The van der Waals surface area contributed by atoms with Crippen molar-refractivity contribution in [2.24, 2.45) is 5.92 Å². The molecule has 1 fully saturated rings. The quantitative estimate of drug-likeness (QED) is 0.851. The molecule has 0 aromatic carbocycles. The van der Waals surface area contributed by atoms with Gasteiger partial charge in [-0.25, -0.2) is 15.0 Å². The van der Waals surface area contributed by atoms with Crippen molar-refractivity contribution in [1.82, 2.24) is 24.8 Å². The summed E-state index contributed by atoms with van der Waals surface area (Å²) in [5.41, 5.74) is 0.656. The minimum absolute atomic E-state index is 0.00402. The third-order valence-electron chi connectivity index (χ3n) is 5.01. The molecule has 0 bridgehead atoms. The maximum absolute atomic E-state index is 12.6. The maximum atomic E-state index is 12.6. The van der Waals surface area contributed by atoms with E-state index in [0.717, 1.165) is 19.4 Å². The fraction of sp³-hybridized carbons (Fsp3) is 0.389. The lowest BCUT2D eigenvalue weighted by atomic mass is 9.80. The zero-order valence-electron chi connectivity index (χ0n) is 14.0. The minimum atomic E-state index is -0.302. The van der Waals surface area contributed by atoms with Crippen molar-refractivity contribution in [3.05, 3.63) is 52.2 Å². The largest absolute Gasteiger partial charge is 0.338 e. The van der Waals surface area contributed by atoms with Crippen molar-refractivity contribution in [2.45, 2.75) is 32.2 Å². The van der Waals surface area contributed by atoms with Crippen LogP contribution in [0.5, 0.6) is 0 Å². The Labute approximate surface area is 144 Å². The zero-order chi connectivity index (χ0) is 17.4. The molecule has 1 N–H and O–H groups in total. The van der Waals surface area contributed by atoms with Crippen molar-refractivity contribution in [2.75, 3.05) is 6.54 Å². The van der Waals surface area contributed by atoms with Gasteiger partial charge in [0.05, 0.1) is 6.42 Å². The van der Waals surface area contributed by atoms with Gasteiger partial charge in [-0.1, -0.05) is 12.2 Å². The van der Waals surface area contributed by atoms with E-state index >= 15 is 0 Å². The number of carbonyl (C=O) groups is 1. The number of hydrogen-bond acceptors (Lipinski definition) is 5. The van der Waals surface area contributed by atoms with Gasteiger partial charge in [0.1, 0.15) is 0 Å². The number of nitrogens with one attached hydrogen (secondary N) is 1. The van der Waals surface area contributed by atoms with Gasteiger partial charge in [0.2, 0.25) is 5.91 Å². The third-order valence-corrected chi connectivity index (χ3v) is 5.01. The number of aryl methyl sites for hydroxylation is 1. The lowest BCUT2D eigenvalue weighted by Gasteiger charge is -2.49. The summed E-state index contributed by atoms with van der Waals surface area (Å²) in [7, 11) is 0. The van der Waals surface area contributed by atoms with E-state index in [1.54, 1.807) is 25.4 Å². The second kappa shape index (κ2) is 6.23.